The van der Waals surface area contributed by atoms with E-state index in [9.17, 15) is 18.3 Å². The highest BCUT2D eigenvalue weighted by Crippen LogP contribution is 2.42. The maximum absolute atomic E-state index is 13.9. The molecule has 0 saturated carbocycles. The Kier molecular flexibility index (Phi) is 6.67. The predicted molar refractivity (Wildman–Crippen MR) is 143 cm³/mol. The first kappa shape index (κ1) is 25.5. The third kappa shape index (κ3) is 5.27. The number of rotatable bonds is 6. The van der Waals surface area contributed by atoms with E-state index in [0.717, 1.165) is 17.2 Å². The van der Waals surface area contributed by atoms with Crippen LogP contribution in [0.5, 0.6) is 11.5 Å². The number of fused-ring (bicyclic) bond motifs is 1. The van der Waals surface area contributed by atoms with Crippen molar-refractivity contribution in [1.29, 1.82) is 0 Å². The quantitative estimate of drug-likeness (QED) is 0.247. The summed E-state index contributed by atoms with van der Waals surface area (Å²) in [7, 11) is 0. The van der Waals surface area contributed by atoms with E-state index in [1.165, 1.54) is 12.3 Å². The van der Waals surface area contributed by atoms with Gasteiger partial charge in [-0.3, -0.25) is 4.98 Å². The molecule has 1 heterocycles. The fourth-order valence-corrected chi connectivity index (χ4v) is 4.59. The lowest BCUT2D eigenvalue weighted by atomic mass is 9.91. The number of alkyl halides is 3. The van der Waals surface area contributed by atoms with E-state index in [1.807, 2.05) is 54.6 Å². The average molecular weight is 514 g/mol. The van der Waals surface area contributed by atoms with Crippen molar-refractivity contribution in [1.82, 2.24) is 4.98 Å². The molecule has 0 radical (unpaired) electrons. The number of pyridine rings is 1. The Hall–Kier alpha value is -4.16. The molecule has 5 aromatic rings. The molecule has 0 saturated heterocycles. The Morgan fingerprint density at radius 1 is 0.816 bits per heavy atom. The lowest BCUT2D eigenvalue weighted by Crippen LogP contribution is -2.15. The monoisotopic (exact) mass is 513 g/mol. The zero-order chi connectivity index (χ0) is 26.9. The van der Waals surface area contributed by atoms with E-state index in [0.29, 0.717) is 40.0 Å². The van der Waals surface area contributed by atoms with Crippen LogP contribution in [0.15, 0.2) is 103 Å². The van der Waals surface area contributed by atoms with E-state index >= 15 is 0 Å². The summed E-state index contributed by atoms with van der Waals surface area (Å²) in [6.07, 6.45) is -2.53. The van der Waals surface area contributed by atoms with E-state index in [2.05, 4.69) is 4.98 Å². The fraction of sp³-hybridized carbons (Fsp3) is 0.156. The highest BCUT2D eigenvalue weighted by atomic mass is 19.4. The number of hydrogen-bond acceptors (Lipinski definition) is 3. The van der Waals surface area contributed by atoms with Gasteiger partial charge in [-0.05, 0) is 66.8 Å². The molecule has 0 aliphatic rings. The van der Waals surface area contributed by atoms with Gasteiger partial charge in [0.2, 0.25) is 0 Å². The van der Waals surface area contributed by atoms with Gasteiger partial charge in [-0.25, -0.2) is 0 Å². The van der Waals surface area contributed by atoms with E-state index < -0.39 is 17.3 Å². The van der Waals surface area contributed by atoms with Crippen molar-refractivity contribution >= 4 is 10.9 Å². The Labute approximate surface area is 219 Å². The number of hydrogen-bond donors (Lipinski definition) is 1. The molecule has 0 atom stereocenters. The first-order valence-corrected chi connectivity index (χ1v) is 12.2. The van der Waals surface area contributed by atoms with E-state index in [-0.39, 0.29) is 5.52 Å². The van der Waals surface area contributed by atoms with Crippen LogP contribution in [-0.4, -0.2) is 10.1 Å². The molecule has 0 amide bonds. The van der Waals surface area contributed by atoms with Crippen LogP contribution in [0.2, 0.25) is 0 Å². The summed E-state index contributed by atoms with van der Waals surface area (Å²) in [5.41, 5.74) is 1.82. The summed E-state index contributed by atoms with van der Waals surface area (Å²) in [5.74, 6) is 0.996. The zero-order valence-corrected chi connectivity index (χ0v) is 21.0. The Bertz CT molecular complexity index is 1590. The third-order valence-corrected chi connectivity index (χ3v) is 6.44. The Balaban J connectivity index is 1.71. The molecule has 1 N–H and O–H groups in total. The molecule has 0 fully saturated rings. The highest BCUT2D eigenvalue weighted by molar-refractivity contribution is 5.99. The number of nitrogens with zero attached hydrogens (tertiary/aromatic N) is 1. The summed E-state index contributed by atoms with van der Waals surface area (Å²) >= 11 is 0. The van der Waals surface area contributed by atoms with Crippen LogP contribution in [0.1, 0.15) is 36.1 Å². The lowest BCUT2D eigenvalue weighted by molar-refractivity contribution is -0.136. The smallest absolute Gasteiger partial charge is 0.418 e. The van der Waals surface area contributed by atoms with Gasteiger partial charge in [-0.2, -0.15) is 13.2 Å². The van der Waals surface area contributed by atoms with Crippen LogP contribution in [0.25, 0.3) is 22.0 Å². The van der Waals surface area contributed by atoms with Crippen molar-refractivity contribution in [2.75, 3.05) is 0 Å². The molecule has 0 aliphatic carbocycles. The number of para-hydroxylation sites is 2. The minimum Gasteiger partial charge on any atom is -0.457 e. The second-order valence-corrected chi connectivity index (χ2v) is 9.71. The minimum absolute atomic E-state index is 0.106. The van der Waals surface area contributed by atoms with Crippen LogP contribution < -0.4 is 4.74 Å². The number of benzene rings is 4. The topological polar surface area (TPSA) is 42.4 Å². The van der Waals surface area contributed by atoms with Crippen LogP contribution in [0, 0.1) is 0 Å². The van der Waals surface area contributed by atoms with E-state index in [1.54, 1.807) is 44.2 Å². The average Bonchev–Trinajstić information content (AvgIpc) is 2.88. The van der Waals surface area contributed by atoms with Crippen LogP contribution in [0.3, 0.4) is 0 Å². The van der Waals surface area contributed by atoms with Gasteiger partial charge >= 0.3 is 6.18 Å². The van der Waals surface area contributed by atoms with Gasteiger partial charge in [-0.15, -0.1) is 0 Å². The summed E-state index contributed by atoms with van der Waals surface area (Å²) < 4.78 is 48.0. The molecule has 192 valence electrons. The molecule has 0 bridgehead atoms. The number of aromatic nitrogens is 1. The zero-order valence-electron chi connectivity index (χ0n) is 21.0. The Morgan fingerprint density at radius 2 is 1.53 bits per heavy atom. The molecule has 1 aromatic heterocycles. The van der Waals surface area contributed by atoms with Gasteiger partial charge in [-0.1, -0.05) is 72.8 Å². The molecule has 3 nitrogen and oxygen atoms in total. The van der Waals surface area contributed by atoms with Gasteiger partial charge in [0.25, 0.3) is 0 Å². The highest BCUT2D eigenvalue weighted by Gasteiger charge is 2.34. The van der Waals surface area contributed by atoms with Gasteiger partial charge in [0.05, 0.1) is 16.7 Å². The van der Waals surface area contributed by atoms with Crippen LogP contribution in [0.4, 0.5) is 13.2 Å². The maximum Gasteiger partial charge on any atom is 0.418 e. The first-order chi connectivity index (χ1) is 18.1. The standard InChI is InChI=1S/C32H26F3NO2/c1-31(2,37)23-12-8-13-24(19-23)38-28-17-7-6-14-25(28)29-22(18-21-10-4-3-5-11-21)20-36-30-26(29)15-9-16-27(30)32(33,34)35/h3-17,19-20,37H,18H2,1-2H3. The summed E-state index contributed by atoms with van der Waals surface area (Å²) in [4.78, 5) is 4.29. The molecule has 4 aromatic carbocycles. The van der Waals surface area contributed by atoms with Crippen molar-refractivity contribution in [3.8, 4) is 22.6 Å². The van der Waals surface area contributed by atoms with Crippen LogP contribution in [-0.2, 0) is 18.2 Å². The van der Waals surface area contributed by atoms with Crippen molar-refractivity contribution in [3.05, 3.63) is 126 Å². The minimum atomic E-state index is -4.54. The first-order valence-electron chi connectivity index (χ1n) is 12.2. The lowest BCUT2D eigenvalue weighted by Gasteiger charge is -2.20. The fourth-order valence-electron chi connectivity index (χ4n) is 4.59. The predicted octanol–water partition coefficient (Wildman–Crippen LogP) is 8.53. The van der Waals surface area contributed by atoms with Gasteiger partial charge in [0.15, 0.2) is 0 Å². The second-order valence-electron chi connectivity index (χ2n) is 9.71. The van der Waals surface area contributed by atoms with Gasteiger partial charge in [0, 0.05) is 17.1 Å². The number of ether oxygens (including phenoxy) is 1. The third-order valence-electron chi connectivity index (χ3n) is 6.44. The molecular weight excluding hydrogens is 487 g/mol. The normalized spacial score (nSPS) is 12.1. The molecule has 0 aliphatic heterocycles. The molecule has 38 heavy (non-hydrogen) atoms. The molecule has 0 spiro atoms. The SMILES string of the molecule is CC(C)(O)c1cccc(Oc2ccccc2-c2c(Cc3ccccc3)cnc3c(C(F)(F)F)cccc23)c1. The second kappa shape index (κ2) is 9.95. The van der Waals surface area contributed by atoms with Crippen molar-refractivity contribution < 1.29 is 23.0 Å². The summed E-state index contributed by atoms with van der Waals surface area (Å²) in [6.45, 7) is 3.38. The number of aliphatic hydroxyl groups is 1. The molecule has 6 heteroatoms. The van der Waals surface area contributed by atoms with Crippen molar-refractivity contribution in [2.24, 2.45) is 0 Å². The van der Waals surface area contributed by atoms with Crippen LogP contribution >= 0.6 is 0 Å². The largest absolute Gasteiger partial charge is 0.457 e. The summed E-state index contributed by atoms with van der Waals surface area (Å²) in [5, 5.41) is 10.8. The molecule has 5 rings (SSSR count). The van der Waals surface area contributed by atoms with Crippen molar-refractivity contribution in [3.63, 3.8) is 0 Å². The van der Waals surface area contributed by atoms with Gasteiger partial charge < -0.3 is 9.84 Å². The molecule has 0 unspecified atom stereocenters. The van der Waals surface area contributed by atoms with Gasteiger partial charge in [0.1, 0.15) is 11.5 Å². The number of halogens is 3. The van der Waals surface area contributed by atoms with E-state index in [4.69, 9.17) is 4.74 Å². The van der Waals surface area contributed by atoms with Crippen molar-refractivity contribution in [2.45, 2.75) is 32.0 Å². The molecular formula is C32H26F3NO2. The summed E-state index contributed by atoms with van der Waals surface area (Å²) in [6, 6.07) is 28.3. The Morgan fingerprint density at radius 3 is 2.26 bits per heavy atom. The maximum atomic E-state index is 13.9.